The van der Waals surface area contributed by atoms with E-state index in [4.69, 9.17) is 0 Å². The summed E-state index contributed by atoms with van der Waals surface area (Å²) < 4.78 is 31.2. The lowest BCUT2D eigenvalue weighted by atomic mass is 10.3. The normalized spacial score (nSPS) is 19.3. The van der Waals surface area contributed by atoms with Gasteiger partial charge >= 0.3 is 0 Å². The average Bonchev–Trinajstić information content (AvgIpc) is 3.35. The van der Waals surface area contributed by atoms with E-state index in [0.29, 0.717) is 26.2 Å². The van der Waals surface area contributed by atoms with Gasteiger partial charge in [-0.15, -0.1) is 0 Å². The summed E-state index contributed by atoms with van der Waals surface area (Å²) >= 11 is 0. The van der Waals surface area contributed by atoms with Gasteiger partial charge in [0.25, 0.3) is 0 Å². The molecule has 2 aliphatic heterocycles. The van der Waals surface area contributed by atoms with Crippen LogP contribution in [0.1, 0.15) is 18.7 Å². The third-order valence-corrected chi connectivity index (χ3v) is 6.69. The largest absolute Gasteiger partial charge is 0.363 e. The van der Waals surface area contributed by atoms with E-state index >= 15 is 0 Å². The first-order chi connectivity index (χ1) is 12.5. The Morgan fingerprint density at radius 2 is 1.58 bits per heavy atom. The van der Waals surface area contributed by atoms with Crippen molar-refractivity contribution >= 4 is 21.7 Å². The van der Waals surface area contributed by atoms with E-state index in [-0.39, 0.29) is 4.90 Å². The molecule has 4 rings (SSSR count). The zero-order chi connectivity index (χ0) is 18.1. The van der Waals surface area contributed by atoms with Crippen molar-refractivity contribution in [1.82, 2.24) is 19.4 Å². The molecule has 0 amide bonds. The first kappa shape index (κ1) is 17.2. The first-order valence-corrected chi connectivity index (χ1v) is 10.2. The van der Waals surface area contributed by atoms with Gasteiger partial charge in [0, 0.05) is 45.3 Å². The van der Waals surface area contributed by atoms with Crippen molar-refractivity contribution in [1.29, 1.82) is 0 Å². The van der Waals surface area contributed by atoms with Gasteiger partial charge in [0.2, 0.25) is 10.0 Å². The van der Waals surface area contributed by atoms with Crippen molar-refractivity contribution in [3.8, 4) is 0 Å². The van der Waals surface area contributed by atoms with Crippen LogP contribution in [0, 0.1) is 6.92 Å². The Hall–Kier alpha value is -2.20. The van der Waals surface area contributed by atoms with Gasteiger partial charge in [-0.2, -0.15) is 4.31 Å². The molecule has 10 heteroatoms. The van der Waals surface area contributed by atoms with Gasteiger partial charge in [-0.3, -0.25) is 0 Å². The standard InChI is InChI=1S/C16H22N6O3S/c1-13-18-15(20-4-2-3-5-20)10-16(19-13)21-6-8-22(9-7-21)26(23,24)14-11-17-25-12-14/h10-12H,2-9H2,1H3. The fraction of sp³-hybridized carbons (Fsp3) is 0.562. The van der Waals surface area contributed by atoms with Crippen LogP contribution in [0.2, 0.25) is 0 Å². The third kappa shape index (κ3) is 3.26. The summed E-state index contributed by atoms with van der Waals surface area (Å²) in [7, 11) is -3.54. The van der Waals surface area contributed by atoms with E-state index in [2.05, 4.69) is 29.4 Å². The van der Waals surface area contributed by atoms with Gasteiger partial charge in [-0.25, -0.2) is 18.4 Å². The van der Waals surface area contributed by atoms with Crippen LogP contribution in [0.4, 0.5) is 11.6 Å². The predicted octanol–water partition coefficient (Wildman–Crippen LogP) is 0.884. The van der Waals surface area contributed by atoms with E-state index in [1.807, 2.05) is 13.0 Å². The number of nitrogens with zero attached hydrogens (tertiary/aromatic N) is 6. The van der Waals surface area contributed by atoms with E-state index < -0.39 is 10.0 Å². The number of aryl methyl sites for hydroxylation is 1. The smallest absolute Gasteiger partial charge is 0.248 e. The molecule has 0 aromatic carbocycles. The lowest BCUT2D eigenvalue weighted by Gasteiger charge is -2.34. The minimum absolute atomic E-state index is 0.0974. The van der Waals surface area contributed by atoms with Crippen molar-refractivity contribution in [2.24, 2.45) is 0 Å². The predicted molar refractivity (Wildman–Crippen MR) is 95.7 cm³/mol. The summed E-state index contributed by atoms with van der Waals surface area (Å²) in [5.74, 6) is 2.56. The van der Waals surface area contributed by atoms with E-state index in [1.165, 1.54) is 23.3 Å². The summed E-state index contributed by atoms with van der Waals surface area (Å²) in [4.78, 5) is 13.6. The van der Waals surface area contributed by atoms with Gasteiger partial charge in [0.15, 0.2) is 0 Å². The molecule has 0 N–H and O–H groups in total. The van der Waals surface area contributed by atoms with E-state index in [1.54, 1.807) is 0 Å². The molecule has 0 atom stereocenters. The zero-order valence-corrected chi connectivity index (χ0v) is 15.5. The second kappa shape index (κ2) is 6.84. The Balaban J connectivity index is 1.48. The molecule has 0 spiro atoms. The molecule has 2 fully saturated rings. The fourth-order valence-corrected chi connectivity index (χ4v) is 4.72. The molecular formula is C16H22N6O3S. The number of piperazine rings is 1. The Kier molecular flexibility index (Phi) is 4.53. The van der Waals surface area contributed by atoms with E-state index in [9.17, 15) is 8.42 Å². The third-order valence-electron chi connectivity index (χ3n) is 4.85. The Labute approximate surface area is 152 Å². The maximum atomic E-state index is 12.5. The van der Waals surface area contributed by atoms with Gasteiger partial charge < -0.3 is 14.3 Å². The minimum atomic E-state index is -3.54. The molecule has 0 saturated carbocycles. The molecule has 0 aliphatic carbocycles. The second-order valence-corrected chi connectivity index (χ2v) is 8.51. The van der Waals surface area contributed by atoms with Crippen LogP contribution in [0.3, 0.4) is 0 Å². The number of hydrogen-bond acceptors (Lipinski definition) is 8. The number of hydrogen-bond donors (Lipinski definition) is 0. The summed E-state index contributed by atoms with van der Waals surface area (Å²) in [6.07, 6.45) is 4.78. The SMILES string of the molecule is Cc1nc(N2CCCC2)cc(N2CCN(S(=O)(=O)c3cnoc3)CC2)n1. The van der Waals surface area contributed by atoms with Crippen molar-refractivity contribution in [3.63, 3.8) is 0 Å². The topological polar surface area (TPSA) is 95.7 Å². The molecule has 2 aromatic rings. The van der Waals surface area contributed by atoms with Crippen LogP contribution in [0.5, 0.6) is 0 Å². The van der Waals surface area contributed by atoms with Crippen molar-refractivity contribution in [3.05, 3.63) is 24.4 Å². The summed E-state index contributed by atoms with van der Waals surface area (Å²) in [5.41, 5.74) is 0. The molecular weight excluding hydrogens is 356 g/mol. The highest BCUT2D eigenvalue weighted by Crippen LogP contribution is 2.24. The van der Waals surface area contributed by atoms with Crippen LogP contribution in [-0.2, 0) is 10.0 Å². The van der Waals surface area contributed by atoms with Crippen LogP contribution < -0.4 is 9.80 Å². The lowest BCUT2D eigenvalue weighted by molar-refractivity contribution is 0.382. The first-order valence-electron chi connectivity index (χ1n) is 8.79. The molecule has 9 nitrogen and oxygen atoms in total. The number of sulfonamides is 1. The zero-order valence-electron chi connectivity index (χ0n) is 14.7. The van der Waals surface area contributed by atoms with Gasteiger partial charge in [-0.05, 0) is 19.8 Å². The number of aromatic nitrogens is 3. The van der Waals surface area contributed by atoms with Gasteiger partial charge in [-0.1, -0.05) is 5.16 Å². The van der Waals surface area contributed by atoms with Crippen LogP contribution >= 0.6 is 0 Å². The van der Waals surface area contributed by atoms with Crippen LogP contribution in [-0.4, -0.2) is 67.1 Å². The van der Waals surface area contributed by atoms with Gasteiger partial charge in [0.1, 0.15) is 28.6 Å². The monoisotopic (exact) mass is 378 g/mol. The molecule has 2 saturated heterocycles. The molecule has 26 heavy (non-hydrogen) atoms. The molecule has 140 valence electrons. The summed E-state index contributed by atoms with van der Waals surface area (Å²) in [6.45, 7) is 5.92. The second-order valence-electron chi connectivity index (χ2n) is 6.58. The van der Waals surface area contributed by atoms with Crippen LogP contribution in [0.15, 0.2) is 27.9 Å². The van der Waals surface area contributed by atoms with Crippen molar-refractivity contribution in [2.75, 3.05) is 49.1 Å². The number of anilines is 2. The fourth-order valence-electron chi connectivity index (χ4n) is 3.44. The van der Waals surface area contributed by atoms with Crippen molar-refractivity contribution in [2.45, 2.75) is 24.7 Å². The minimum Gasteiger partial charge on any atom is -0.363 e. The Bertz CT molecular complexity index is 856. The highest BCUT2D eigenvalue weighted by Gasteiger charge is 2.30. The molecule has 0 bridgehead atoms. The van der Waals surface area contributed by atoms with Crippen LogP contribution in [0.25, 0.3) is 0 Å². The maximum Gasteiger partial charge on any atom is 0.248 e. The van der Waals surface area contributed by atoms with Crippen molar-refractivity contribution < 1.29 is 12.9 Å². The highest BCUT2D eigenvalue weighted by atomic mass is 32.2. The molecule has 0 unspecified atom stereocenters. The number of rotatable bonds is 4. The highest BCUT2D eigenvalue weighted by molar-refractivity contribution is 7.89. The molecule has 2 aromatic heterocycles. The summed E-state index contributed by atoms with van der Waals surface area (Å²) in [5, 5.41) is 3.49. The molecule has 4 heterocycles. The Morgan fingerprint density at radius 3 is 2.15 bits per heavy atom. The van der Waals surface area contributed by atoms with Gasteiger partial charge in [0.05, 0.1) is 6.20 Å². The molecule has 2 aliphatic rings. The maximum absolute atomic E-state index is 12.5. The summed E-state index contributed by atoms with van der Waals surface area (Å²) in [6, 6.07) is 2.02. The Morgan fingerprint density at radius 1 is 0.962 bits per heavy atom. The molecule has 0 radical (unpaired) electrons. The lowest BCUT2D eigenvalue weighted by Crippen LogP contribution is -2.49. The quantitative estimate of drug-likeness (QED) is 0.774. The average molecular weight is 378 g/mol. The van der Waals surface area contributed by atoms with E-state index in [0.717, 1.165) is 36.8 Å².